The molecule has 0 atom stereocenters. The van der Waals surface area contributed by atoms with Crippen molar-refractivity contribution < 1.29 is 9.18 Å². The zero-order valence-electron chi connectivity index (χ0n) is 7.30. The van der Waals surface area contributed by atoms with E-state index in [9.17, 15) is 9.18 Å². The zero-order valence-corrected chi connectivity index (χ0v) is 7.30. The fourth-order valence-corrected chi connectivity index (χ4v) is 1.72. The molecule has 0 saturated heterocycles. The summed E-state index contributed by atoms with van der Waals surface area (Å²) in [5.74, 6) is -0.237. The highest BCUT2D eigenvalue weighted by molar-refractivity contribution is 5.92. The second-order valence-electron chi connectivity index (χ2n) is 3.25. The van der Waals surface area contributed by atoms with E-state index in [1.165, 1.54) is 12.1 Å². The van der Waals surface area contributed by atoms with Crippen LogP contribution in [0.3, 0.4) is 0 Å². The van der Waals surface area contributed by atoms with Gasteiger partial charge in [-0.15, -0.1) is 0 Å². The van der Waals surface area contributed by atoms with Crippen LogP contribution in [-0.4, -0.2) is 6.29 Å². The smallest absolute Gasteiger partial charge is 0.146 e. The van der Waals surface area contributed by atoms with E-state index in [0.717, 1.165) is 28.6 Å². The molecule has 0 N–H and O–H groups in total. The Morgan fingerprint density at radius 1 is 1.46 bits per heavy atom. The van der Waals surface area contributed by atoms with Gasteiger partial charge in [0, 0.05) is 6.42 Å². The normalized spacial score (nSPS) is 14.6. The Kier molecular flexibility index (Phi) is 1.76. The summed E-state index contributed by atoms with van der Waals surface area (Å²) in [6.45, 7) is 1.90. The van der Waals surface area contributed by atoms with Crippen LogP contribution in [0.25, 0.3) is 5.57 Å². The molecular weight excluding hydrogens is 167 g/mol. The van der Waals surface area contributed by atoms with Crippen LogP contribution in [0.4, 0.5) is 4.39 Å². The Bertz CT molecular complexity index is 405. The second-order valence-corrected chi connectivity index (χ2v) is 3.25. The molecule has 0 bridgehead atoms. The van der Waals surface area contributed by atoms with Crippen LogP contribution in [0.5, 0.6) is 0 Å². The lowest BCUT2D eigenvalue weighted by Gasteiger charge is -1.99. The summed E-state index contributed by atoms with van der Waals surface area (Å²) in [7, 11) is 0. The number of hydrogen-bond donors (Lipinski definition) is 0. The fourth-order valence-electron chi connectivity index (χ4n) is 1.72. The van der Waals surface area contributed by atoms with E-state index in [0.29, 0.717) is 6.42 Å². The zero-order chi connectivity index (χ0) is 9.42. The molecule has 1 aliphatic carbocycles. The van der Waals surface area contributed by atoms with E-state index in [2.05, 4.69) is 0 Å². The third kappa shape index (κ3) is 1.18. The number of halogens is 1. The van der Waals surface area contributed by atoms with Crippen molar-refractivity contribution in [3.05, 3.63) is 40.7 Å². The molecule has 0 unspecified atom stereocenters. The monoisotopic (exact) mass is 176 g/mol. The fraction of sp³-hybridized carbons (Fsp3) is 0.182. The SMILES string of the molecule is CC1=C(C=O)Cc2cc(F)ccc21. The molecule has 0 aromatic heterocycles. The van der Waals surface area contributed by atoms with Gasteiger partial charge in [0.15, 0.2) is 0 Å². The Hall–Kier alpha value is -1.44. The van der Waals surface area contributed by atoms with Crippen molar-refractivity contribution in [2.75, 3.05) is 0 Å². The maximum atomic E-state index is 12.8. The molecule has 0 amide bonds. The van der Waals surface area contributed by atoms with E-state index >= 15 is 0 Å². The maximum absolute atomic E-state index is 12.8. The van der Waals surface area contributed by atoms with Gasteiger partial charge in [0.05, 0.1) is 0 Å². The highest BCUT2D eigenvalue weighted by Gasteiger charge is 2.17. The van der Waals surface area contributed by atoms with Crippen molar-refractivity contribution in [2.45, 2.75) is 13.3 Å². The van der Waals surface area contributed by atoms with Crippen molar-refractivity contribution >= 4 is 11.9 Å². The molecule has 0 saturated carbocycles. The first-order valence-electron chi connectivity index (χ1n) is 4.16. The first-order valence-corrected chi connectivity index (χ1v) is 4.16. The average molecular weight is 176 g/mol. The number of carbonyl (C=O) groups excluding carboxylic acids is 1. The summed E-state index contributed by atoms with van der Waals surface area (Å²) in [6, 6.07) is 4.65. The lowest BCUT2D eigenvalue weighted by molar-refractivity contribution is -0.104. The van der Waals surface area contributed by atoms with Crippen molar-refractivity contribution in [3.8, 4) is 0 Å². The molecule has 1 nitrogen and oxygen atoms in total. The summed E-state index contributed by atoms with van der Waals surface area (Å²) in [5.41, 5.74) is 3.66. The second kappa shape index (κ2) is 2.80. The van der Waals surface area contributed by atoms with E-state index in [1.54, 1.807) is 6.07 Å². The van der Waals surface area contributed by atoms with Crippen molar-refractivity contribution in [1.29, 1.82) is 0 Å². The number of carbonyl (C=O) groups is 1. The molecule has 1 aromatic rings. The summed E-state index contributed by atoms with van der Waals surface area (Å²) in [5, 5.41) is 0. The molecule has 0 fully saturated rings. The standard InChI is InChI=1S/C11H9FO/c1-7-9(6-13)4-8-5-10(12)2-3-11(7)8/h2-3,5-6H,4H2,1H3. The lowest BCUT2D eigenvalue weighted by atomic mass is 10.1. The van der Waals surface area contributed by atoms with E-state index in [4.69, 9.17) is 0 Å². The first-order chi connectivity index (χ1) is 6.22. The summed E-state index contributed by atoms with van der Waals surface area (Å²) < 4.78 is 12.8. The number of fused-ring (bicyclic) bond motifs is 1. The number of aldehydes is 1. The predicted molar refractivity (Wildman–Crippen MR) is 48.8 cm³/mol. The molecule has 66 valence electrons. The van der Waals surface area contributed by atoms with Gasteiger partial charge in [0.1, 0.15) is 12.1 Å². The predicted octanol–water partition coefficient (Wildman–Crippen LogP) is 2.35. The Labute approximate surface area is 75.9 Å². The number of hydrogen-bond acceptors (Lipinski definition) is 1. The minimum atomic E-state index is -0.237. The van der Waals surface area contributed by atoms with Gasteiger partial charge in [-0.3, -0.25) is 4.79 Å². The minimum Gasteiger partial charge on any atom is -0.298 e. The maximum Gasteiger partial charge on any atom is 0.146 e. The van der Waals surface area contributed by atoms with Crippen molar-refractivity contribution in [1.82, 2.24) is 0 Å². The Morgan fingerprint density at radius 2 is 2.23 bits per heavy atom. The molecule has 1 aliphatic rings. The average Bonchev–Trinajstić information content (AvgIpc) is 2.42. The van der Waals surface area contributed by atoms with Crippen LogP contribution < -0.4 is 0 Å². The van der Waals surface area contributed by atoms with Gasteiger partial charge in [-0.1, -0.05) is 6.07 Å². The van der Waals surface area contributed by atoms with E-state index < -0.39 is 0 Å². The topological polar surface area (TPSA) is 17.1 Å². The van der Waals surface area contributed by atoms with Gasteiger partial charge in [-0.2, -0.15) is 0 Å². The van der Waals surface area contributed by atoms with Crippen LogP contribution in [0.15, 0.2) is 23.8 Å². The Morgan fingerprint density at radius 3 is 2.92 bits per heavy atom. The molecule has 0 aliphatic heterocycles. The highest BCUT2D eigenvalue weighted by atomic mass is 19.1. The molecule has 2 rings (SSSR count). The molecule has 0 spiro atoms. The highest BCUT2D eigenvalue weighted by Crippen LogP contribution is 2.31. The molecule has 13 heavy (non-hydrogen) atoms. The van der Waals surface area contributed by atoms with Crippen LogP contribution >= 0.6 is 0 Å². The van der Waals surface area contributed by atoms with Crippen LogP contribution in [0, 0.1) is 5.82 Å². The molecule has 1 aromatic carbocycles. The number of allylic oxidation sites excluding steroid dienone is 2. The molecular formula is C11H9FO. The number of rotatable bonds is 1. The van der Waals surface area contributed by atoms with Gasteiger partial charge in [0.2, 0.25) is 0 Å². The van der Waals surface area contributed by atoms with Crippen molar-refractivity contribution in [3.63, 3.8) is 0 Å². The summed E-state index contributed by atoms with van der Waals surface area (Å²) in [4.78, 5) is 10.6. The van der Waals surface area contributed by atoms with Gasteiger partial charge in [0.25, 0.3) is 0 Å². The lowest BCUT2D eigenvalue weighted by Crippen LogP contribution is -1.86. The van der Waals surface area contributed by atoms with Gasteiger partial charge in [-0.05, 0) is 41.3 Å². The minimum absolute atomic E-state index is 0.237. The van der Waals surface area contributed by atoms with E-state index in [-0.39, 0.29) is 5.82 Å². The Balaban J connectivity index is 2.55. The van der Waals surface area contributed by atoms with E-state index in [1.807, 2.05) is 6.92 Å². The molecule has 2 heteroatoms. The third-order valence-electron chi connectivity index (χ3n) is 2.48. The third-order valence-corrected chi connectivity index (χ3v) is 2.48. The van der Waals surface area contributed by atoms with Crippen molar-refractivity contribution in [2.24, 2.45) is 0 Å². The molecule has 0 heterocycles. The van der Waals surface area contributed by atoms with Crippen LogP contribution in [0.2, 0.25) is 0 Å². The molecule has 0 radical (unpaired) electrons. The van der Waals surface area contributed by atoms with Gasteiger partial charge < -0.3 is 0 Å². The van der Waals surface area contributed by atoms with Gasteiger partial charge >= 0.3 is 0 Å². The first kappa shape index (κ1) is 8.17. The summed E-state index contributed by atoms with van der Waals surface area (Å²) in [6.07, 6.45) is 1.43. The quantitative estimate of drug-likeness (QED) is 0.600. The van der Waals surface area contributed by atoms with Crippen LogP contribution in [0.1, 0.15) is 18.1 Å². The van der Waals surface area contributed by atoms with Gasteiger partial charge in [-0.25, -0.2) is 4.39 Å². The van der Waals surface area contributed by atoms with Crippen LogP contribution in [-0.2, 0) is 11.2 Å². The summed E-state index contributed by atoms with van der Waals surface area (Å²) >= 11 is 0. The number of benzene rings is 1. The largest absolute Gasteiger partial charge is 0.298 e.